The second kappa shape index (κ2) is 5.22. The summed E-state index contributed by atoms with van der Waals surface area (Å²) in [6.07, 6.45) is 0. The van der Waals surface area contributed by atoms with E-state index >= 15 is 0 Å². The fraction of sp³-hybridized carbons (Fsp3) is 0.167. The highest BCUT2D eigenvalue weighted by molar-refractivity contribution is 5.94. The van der Waals surface area contributed by atoms with E-state index in [1.54, 1.807) is 24.3 Å². The Hall–Kier alpha value is -2.50. The van der Waals surface area contributed by atoms with Crippen LogP contribution in [0.4, 0.5) is 0 Å². The maximum Gasteiger partial charge on any atom is 0.251 e. The van der Waals surface area contributed by atoms with E-state index in [-0.39, 0.29) is 5.91 Å². The number of nitrogens with zero attached hydrogens (tertiary/aromatic N) is 3. The zero-order chi connectivity index (χ0) is 13.0. The van der Waals surface area contributed by atoms with Crippen LogP contribution in [0, 0.1) is 0 Å². The third kappa shape index (κ3) is 2.79. The van der Waals surface area contributed by atoms with Gasteiger partial charge < -0.3 is 5.32 Å². The fourth-order valence-corrected chi connectivity index (χ4v) is 1.39. The topological polar surface area (TPSA) is 83.6 Å². The molecular weight excluding hydrogens is 230 g/mol. The van der Waals surface area contributed by atoms with Gasteiger partial charge in [-0.2, -0.15) is 5.21 Å². The Labute approximate surface area is 104 Å². The number of nitrogens with one attached hydrogen (secondary N) is 2. The van der Waals surface area contributed by atoms with E-state index < -0.39 is 0 Å². The quantitative estimate of drug-likeness (QED) is 0.789. The van der Waals surface area contributed by atoms with Gasteiger partial charge in [0.25, 0.3) is 5.91 Å². The summed E-state index contributed by atoms with van der Waals surface area (Å²) in [5, 5.41) is 16.3. The van der Waals surface area contributed by atoms with Crippen molar-refractivity contribution in [1.82, 2.24) is 25.9 Å². The Morgan fingerprint density at radius 2 is 2.11 bits per heavy atom. The average molecular weight is 243 g/mol. The molecule has 2 aromatic rings. The van der Waals surface area contributed by atoms with Gasteiger partial charge in [0.15, 0.2) is 0 Å². The zero-order valence-electron chi connectivity index (χ0n) is 9.97. The first-order chi connectivity index (χ1) is 8.66. The molecule has 0 saturated carbocycles. The smallest absolute Gasteiger partial charge is 0.251 e. The van der Waals surface area contributed by atoms with Crippen LogP contribution >= 0.6 is 0 Å². The summed E-state index contributed by atoms with van der Waals surface area (Å²) in [6, 6.07) is 7.00. The maximum atomic E-state index is 11.7. The van der Waals surface area contributed by atoms with Crippen molar-refractivity contribution in [2.24, 2.45) is 0 Å². The molecule has 2 N–H and O–H groups in total. The van der Waals surface area contributed by atoms with Gasteiger partial charge in [-0.3, -0.25) is 4.79 Å². The Morgan fingerprint density at radius 1 is 1.39 bits per heavy atom. The standard InChI is InChI=1S/C12H13N5O/c1-8(2)7-13-12(18)10-5-3-9(4-6-10)11-14-16-17-15-11/h3-6H,1,7H2,2H3,(H,13,18)(H,14,15,16,17). The minimum atomic E-state index is -0.127. The van der Waals surface area contributed by atoms with Gasteiger partial charge >= 0.3 is 0 Å². The van der Waals surface area contributed by atoms with Crippen molar-refractivity contribution in [1.29, 1.82) is 0 Å². The molecule has 6 heteroatoms. The fourth-order valence-electron chi connectivity index (χ4n) is 1.39. The summed E-state index contributed by atoms with van der Waals surface area (Å²) < 4.78 is 0. The zero-order valence-corrected chi connectivity index (χ0v) is 9.97. The van der Waals surface area contributed by atoms with E-state index in [0.717, 1.165) is 11.1 Å². The van der Waals surface area contributed by atoms with Crippen LogP contribution in [-0.4, -0.2) is 33.1 Å². The molecule has 92 valence electrons. The van der Waals surface area contributed by atoms with Gasteiger partial charge in [0.2, 0.25) is 5.82 Å². The minimum Gasteiger partial charge on any atom is -0.348 e. The van der Waals surface area contributed by atoms with Gasteiger partial charge in [-0.1, -0.05) is 24.3 Å². The Morgan fingerprint density at radius 3 is 2.67 bits per heavy atom. The minimum absolute atomic E-state index is 0.127. The van der Waals surface area contributed by atoms with E-state index in [4.69, 9.17) is 0 Å². The van der Waals surface area contributed by atoms with Crippen LogP contribution in [0.15, 0.2) is 36.4 Å². The molecule has 18 heavy (non-hydrogen) atoms. The van der Waals surface area contributed by atoms with Crippen molar-refractivity contribution >= 4 is 5.91 Å². The number of H-pyrrole nitrogens is 1. The summed E-state index contributed by atoms with van der Waals surface area (Å²) in [5.74, 6) is 0.376. The Kier molecular flexibility index (Phi) is 3.47. The number of aromatic nitrogens is 4. The predicted molar refractivity (Wildman–Crippen MR) is 66.8 cm³/mol. The second-order valence-electron chi connectivity index (χ2n) is 3.95. The predicted octanol–water partition coefficient (Wildman–Crippen LogP) is 1.17. The van der Waals surface area contributed by atoms with Gasteiger partial charge in [0.05, 0.1) is 0 Å². The number of tetrazole rings is 1. The SMILES string of the molecule is C=C(C)CNC(=O)c1ccc(-c2nn[nH]n2)cc1. The van der Waals surface area contributed by atoms with Crippen molar-refractivity contribution < 1.29 is 4.79 Å². The van der Waals surface area contributed by atoms with Gasteiger partial charge in [-0.25, -0.2) is 0 Å². The first-order valence-corrected chi connectivity index (χ1v) is 5.43. The molecule has 0 radical (unpaired) electrons. The molecule has 1 amide bonds. The molecule has 1 aromatic carbocycles. The van der Waals surface area contributed by atoms with E-state index in [9.17, 15) is 4.79 Å². The average Bonchev–Trinajstić information content (AvgIpc) is 2.90. The highest BCUT2D eigenvalue weighted by Gasteiger charge is 2.07. The van der Waals surface area contributed by atoms with Crippen LogP contribution in [-0.2, 0) is 0 Å². The molecule has 0 atom stereocenters. The molecule has 0 bridgehead atoms. The molecule has 1 heterocycles. The number of benzene rings is 1. The molecule has 0 saturated heterocycles. The largest absolute Gasteiger partial charge is 0.348 e. The van der Waals surface area contributed by atoms with E-state index in [2.05, 4.69) is 32.5 Å². The number of hydrogen-bond donors (Lipinski definition) is 2. The normalized spacial score (nSPS) is 10.1. The second-order valence-corrected chi connectivity index (χ2v) is 3.95. The lowest BCUT2D eigenvalue weighted by Crippen LogP contribution is -2.24. The summed E-state index contributed by atoms with van der Waals surface area (Å²) in [6.45, 7) is 6.07. The number of carbonyl (C=O) groups is 1. The lowest BCUT2D eigenvalue weighted by atomic mass is 10.1. The van der Waals surface area contributed by atoms with Gasteiger partial charge in [0.1, 0.15) is 0 Å². The summed E-state index contributed by atoms with van der Waals surface area (Å²) in [4.78, 5) is 11.7. The summed E-state index contributed by atoms with van der Waals surface area (Å²) in [5.41, 5.74) is 2.30. The maximum absolute atomic E-state index is 11.7. The first kappa shape index (κ1) is 12.0. The van der Waals surface area contributed by atoms with Crippen LogP contribution in [0.2, 0.25) is 0 Å². The van der Waals surface area contributed by atoms with Crippen molar-refractivity contribution in [3.8, 4) is 11.4 Å². The highest BCUT2D eigenvalue weighted by atomic mass is 16.1. The first-order valence-electron chi connectivity index (χ1n) is 5.43. The molecule has 0 unspecified atom stereocenters. The van der Waals surface area contributed by atoms with Crippen LogP contribution in [0.1, 0.15) is 17.3 Å². The molecule has 6 nitrogen and oxygen atoms in total. The molecule has 0 spiro atoms. The van der Waals surface area contributed by atoms with Gasteiger partial charge in [-0.05, 0) is 24.3 Å². The van der Waals surface area contributed by atoms with Crippen molar-refractivity contribution in [3.05, 3.63) is 42.0 Å². The third-order valence-electron chi connectivity index (χ3n) is 2.30. The molecular formula is C12H13N5O. The Balaban J connectivity index is 2.08. The number of rotatable bonds is 4. The summed E-state index contributed by atoms with van der Waals surface area (Å²) in [7, 11) is 0. The van der Waals surface area contributed by atoms with E-state index in [0.29, 0.717) is 17.9 Å². The third-order valence-corrected chi connectivity index (χ3v) is 2.30. The number of carbonyl (C=O) groups excluding carboxylic acids is 1. The molecule has 0 aliphatic rings. The van der Waals surface area contributed by atoms with Crippen molar-refractivity contribution in [2.75, 3.05) is 6.54 Å². The molecule has 0 fully saturated rings. The van der Waals surface area contributed by atoms with Crippen LogP contribution in [0.3, 0.4) is 0 Å². The van der Waals surface area contributed by atoms with Gasteiger partial charge in [0, 0.05) is 17.7 Å². The highest BCUT2D eigenvalue weighted by Crippen LogP contribution is 2.13. The number of aromatic amines is 1. The number of hydrogen-bond acceptors (Lipinski definition) is 4. The molecule has 0 aliphatic carbocycles. The van der Waals surface area contributed by atoms with Crippen molar-refractivity contribution in [2.45, 2.75) is 6.92 Å². The van der Waals surface area contributed by atoms with Crippen molar-refractivity contribution in [3.63, 3.8) is 0 Å². The molecule has 0 aliphatic heterocycles. The lowest BCUT2D eigenvalue weighted by Gasteiger charge is -2.04. The van der Waals surface area contributed by atoms with Crippen LogP contribution in [0.5, 0.6) is 0 Å². The van der Waals surface area contributed by atoms with Crippen LogP contribution < -0.4 is 5.32 Å². The van der Waals surface area contributed by atoms with E-state index in [1.807, 2.05) is 6.92 Å². The molecule has 2 rings (SSSR count). The van der Waals surface area contributed by atoms with Crippen LogP contribution in [0.25, 0.3) is 11.4 Å². The lowest BCUT2D eigenvalue weighted by molar-refractivity contribution is 0.0957. The molecule has 1 aromatic heterocycles. The Bertz CT molecular complexity index is 544. The van der Waals surface area contributed by atoms with E-state index in [1.165, 1.54) is 0 Å². The number of amides is 1. The summed E-state index contributed by atoms with van der Waals surface area (Å²) >= 11 is 0. The monoisotopic (exact) mass is 243 g/mol. The van der Waals surface area contributed by atoms with Gasteiger partial charge in [-0.15, -0.1) is 10.2 Å².